The van der Waals surface area contributed by atoms with Gasteiger partial charge in [-0.25, -0.2) is 5.43 Å². The normalized spacial score (nSPS) is 10.5. The highest BCUT2D eigenvalue weighted by Crippen LogP contribution is 2.11. The number of benzene rings is 2. The van der Waals surface area contributed by atoms with E-state index in [0.717, 1.165) is 24.8 Å². The van der Waals surface area contributed by atoms with Crippen molar-refractivity contribution in [3.8, 4) is 0 Å². The summed E-state index contributed by atoms with van der Waals surface area (Å²) in [5, 5.41) is 6.32. The highest BCUT2D eigenvalue weighted by molar-refractivity contribution is 6.39. The molecule has 2 aromatic carbocycles. The predicted molar refractivity (Wildman–Crippen MR) is 95.9 cm³/mol. The third-order valence-electron chi connectivity index (χ3n) is 3.42. The minimum absolute atomic E-state index is 0.586. The summed E-state index contributed by atoms with van der Waals surface area (Å²) >= 11 is 0. The van der Waals surface area contributed by atoms with E-state index >= 15 is 0 Å². The molecule has 2 N–H and O–H groups in total. The number of nitrogens with one attached hydrogen (secondary N) is 2. The molecule has 0 aromatic heterocycles. The van der Waals surface area contributed by atoms with Crippen LogP contribution in [0.4, 0.5) is 5.69 Å². The van der Waals surface area contributed by atoms with Crippen LogP contribution in [0.2, 0.25) is 0 Å². The van der Waals surface area contributed by atoms with Gasteiger partial charge in [0.25, 0.3) is 0 Å². The zero-order valence-electron chi connectivity index (χ0n) is 13.7. The number of aryl methyl sites for hydroxylation is 1. The Hall–Kier alpha value is -2.95. The lowest BCUT2D eigenvalue weighted by molar-refractivity contribution is -0.136. The highest BCUT2D eigenvalue weighted by atomic mass is 16.2. The van der Waals surface area contributed by atoms with Crippen molar-refractivity contribution >= 4 is 23.7 Å². The van der Waals surface area contributed by atoms with Gasteiger partial charge in [-0.05, 0) is 36.1 Å². The number of hydrogen-bond acceptors (Lipinski definition) is 3. The van der Waals surface area contributed by atoms with Crippen LogP contribution in [0.1, 0.15) is 30.9 Å². The van der Waals surface area contributed by atoms with Crippen LogP contribution in [0, 0.1) is 0 Å². The van der Waals surface area contributed by atoms with E-state index in [2.05, 4.69) is 22.8 Å². The summed E-state index contributed by atoms with van der Waals surface area (Å²) < 4.78 is 0. The molecular formula is C19H21N3O2. The molecule has 5 nitrogen and oxygen atoms in total. The molecule has 5 heteroatoms. The van der Waals surface area contributed by atoms with Crippen LogP contribution < -0.4 is 10.7 Å². The van der Waals surface area contributed by atoms with E-state index in [9.17, 15) is 9.59 Å². The molecular weight excluding hydrogens is 302 g/mol. The van der Waals surface area contributed by atoms with Crippen LogP contribution in [0.5, 0.6) is 0 Å². The second-order valence-electron chi connectivity index (χ2n) is 5.36. The Bertz CT molecular complexity index is 694. The maximum absolute atomic E-state index is 11.8. The van der Waals surface area contributed by atoms with Gasteiger partial charge in [0.2, 0.25) is 0 Å². The van der Waals surface area contributed by atoms with Gasteiger partial charge < -0.3 is 5.32 Å². The largest absolute Gasteiger partial charge is 0.329 e. The van der Waals surface area contributed by atoms with Gasteiger partial charge in [-0.1, -0.05) is 55.8 Å². The molecule has 0 radical (unpaired) electrons. The fourth-order valence-corrected chi connectivity index (χ4v) is 2.08. The molecule has 124 valence electrons. The van der Waals surface area contributed by atoms with E-state index < -0.39 is 11.8 Å². The molecule has 0 saturated carbocycles. The summed E-state index contributed by atoms with van der Waals surface area (Å²) in [6, 6.07) is 16.8. The van der Waals surface area contributed by atoms with Gasteiger partial charge in [-0.3, -0.25) is 9.59 Å². The second kappa shape index (κ2) is 9.25. The van der Waals surface area contributed by atoms with Crippen molar-refractivity contribution in [1.82, 2.24) is 5.43 Å². The lowest BCUT2D eigenvalue weighted by atomic mass is 10.1. The lowest BCUT2D eigenvalue weighted by Crippen LogP contribution is -2.32. The second-order valence-corrected chi connectivity index (χ2v) is 5.36. The average molecular weight is 323 g/mol. The van der Waals surface area contributed by atoms with Gasteiger partial charge in [0.15, 0.2) is 0 Å². The first kappa shape index (κ1) is 17.4. The Morgan fingerprint density at radius 3 is 2.38 bits per heavy atom. The van der Waals surface area contributed by atoms with Gasteiger partial charge in [-0.2, -0.15) is 5.10 Å². The summed E-state index contributed by atoms with van der Waals surface area (Å²) in [6.45, 7) is 2.15. The number of carbonyl (C=O) groups is 2. The van der Waals surface area contributed by atoms with Crippen molar-refractivity contribution in [2.45, 2.75) is 26.2 Å². The van der Waals surface area contributed by atoms with Crippen molar-refractivity contribution in [1.29, 1.82) is 0 Å². The predicted octanol–water partition coefficient (Wildman–Crippen LogP) is 3.12. The standard InChI is InChI=1S/C19H21N3O2/c1-2-3-7-15-10-12-17(13-11-15)21-18(23)19(24)22-20-14-16-8-5-4-6-9-16/h4-6,8-14H,2-3,7H2,1H3,(H,21,23)(H,22,24). The summed E-state index contributed by atoms with van der Waals surface area (Å²) in [5.74, 6) is -1.56. The maximum atomic E-state index is 11.8. The van der Waals surface area contributed by atoms with E-state index in [4.69, 9.17) is 0 Å². The summed E-state index contributed by atoms with van der Waals surface area (Å²) in [4.78, 5) is 23.5. The molecule has 2 amide bonds. The van der Waals surface area contributed by atoms with Crippen LogP contribution in [0.25, 0.3) is 0 Å². The molecule has 0 aliphatic carbocycles. The summed E-state index contributed by atoms with van der Waals surface area (Å²) in [6.07, 6.45) is 4.77. The number of hydrazone groups is 1. The number of unbranched alkanes of at least 4 members (excludes halogenated alkanes) is 1. The first-order valence-corrected chi connectivity index (χ1v) is 7.97. The van der Waals surface area contributed by atoms with Crippen LogP contribution in [-0.2, 0) is 16.0 Å². The van der Waals surface area contributed by atoms with E-state index in [1.165, 1.54) is 11.8 Å². The van der Waals surface area contributed by atoms with E-state index in [0.29, 0.717) is 5.69 Å². The number of nitrogens with zero attached hydrogens (tertiary/aromatic N) is 1. The summed E-state index contributed by atoms with van der Waals surface area (Å²) in [7, 11) is 0. The number of carbonyl (C=O) groups excluding carboxylic acids is 2. The van der Waals surface area contributed by atoms with E-state index in [1.807, 2.05) is 42.5 Å². The average Bonchev–Trinajstić information content (AvgIpc) is 2.62. The third-order valence-corrected chi connectivity index (χ3v) is 3.42. The topological polar surface area (TPSA) is 70.6 Å². The quantitative estimate of drug-likeness (QED) is 0.487. The fraction of sp³-hybridized carbons (Fsp3) is 0.211. The summed E-state index contributed by atoms with van der Waals surface area (Å²) in [5.41, 5.74) is 4.84. The number of hydrogen-bond donors (Lipinski definition) is 2. The van der Waals surface area contributed by atoms with Gasteiger partial charge >= 0.3 is 11.8 Å². The Morgan fingerprint density at radius 2 is 1.71 bits per heavy atom. The van der Waals surface area contributed by atoms with Crippen LogP contribution >= 0.6 is 0 Å². The molecule has 0 unspecified atom stereocenters. The van der Waals surface area contributed by atoms with Crippen LogP contribution in [0.3, 0.4) is 0 Å². The SMILES string of the molecule is CCCCc1ccc(NC(=O)C(=O)NN=Cc2ccccc2)cc1. The molecule has 0 spiro atoms. The molecule has 0 fully saturated rings. The van der Waals surface area contributed by atoms with Crippen LogP contribution in [-0.4, -0.2) is 18.0 Å². The van der Waals surface area contributed by atoms with Gasteiger partial charge in [0.1, 0.15) is 0 Å². The van der Waals surface area contributed by atoms with Crippen LogP contribution in [0.15, 0.2) is 59.7 Å². The number of rotatable bonds is 6. The minimum Gasteiger partial charge on any atom is -0.318 e. The molecule has 0 aliphatic rings. The Balaban J connectivity index is 1.83. The number of amides is 2. The highest BCUT2D eigenvalue weighted by Gasteiger charge is 2.12. The first-order valence-electron chi connectivity index (χ1n) is 7.97. The van der Waals surface area contributed by atoms with Gasteiger partial charge in [0.05, 0.1) is 6.21 Å². The van der Waals surface area contributed by atoms with Crippen molar-refractivity contribution in [2.75, 3.05) is 5.32 Å². The van der Waals surface area contributed by atoms with Crippen molar-refractivity contribution in [3.05, 3.63) is 65.7 Å². The molecule has 2 aromatic rings. The monoisotopic (exact) mass is 323 g/mol. The Morgan fingerprint density at radius 1 is 1.00 bits per heavy atom. The Labute approximate surface area is 141 Å². The molecule has 0 saturated heterocycles. The zero-order chi connectivity index (χ0) is 17.2. The molecule has 0 atom stereocenters. The van der Waals surface area contributed by atoms with Gasteiger partial charge in [-0.15, -0.1) is 0 Å². The Kier molecular flexibility index (Phi) is 6.71. The molecule has 0 bridgehead atoms. The minimum atomic E-state index is -0.808. The zero-order valence-corrected chi connectivity index (χ0v) is 13.7. The van der Waals surface area contributed by atoms with Crippen molar-refractivity contribution in [2.24, 2.45) is 5.10 Å². The lowest BCUT2D eigenvalue weighted by Gasteiger charge is -2.05. The van der Waals surface area contributed by atoms with E-state index in [-0.39, 0.29) is 0 Å². The molecule has 0 aliphatic heterocycles. The maximum Gasteiger partial charge on any atom is 0.329 e. The first-order chi connectivity index (χ1) is 11.7. The molecule has 2 rings (SSSR count). The van der Waals surface area contributed by atoms with Crippen molar-refractivity contribution < 1.29 is 9.59 Å². The molecule has 0 heterocycles. The third kappa shape index (κ3) is 5.68. The van der Waals surface area contributed by atoms with E-state index in [1.54, 1.807) is 12.1 Å². The van der Waals surface area contributed by atoms with Crippen molar-refractivity contribution in [3.63, 3.8) is 0 Å². The van der Waals surface area contributed by atoms with Gasteiger partial charge in [0, 0.05) is 5.69 Å². The smallest absolute Gasteiger partial charge is 0.318 e. The fourth-order valence-electron chi connectivity index (χ4n) is 2.08. The molecule has 24 heavy (non-hydrogen) atoms. The number of anilines is 1.